The van der Waals surface area contributed by atoms with E-state index in [9.17, 15) is 14.7 Å². The Bertz CT molecular complexity index is 756. The number of carboxylic acid groups (broad SMARTS) is 1. The van der Waals surface area contributed by atoms with Crippen molar-refractivity contribution in [3.63, 3.8) is 0 Å². The van der Waals surface area contributed by atoms with E-state index in [1.54, 1.807) is 23.4 Å². The molecule has 1 N–H and O–H groups in total. The van der Waals surface area contributed by atoms with E-state index in [1.807, 2.05) is 30.3 Å². The highest BCUT2D eigenvalue weighted by molar-refractivity contribution is 5.94. The summed E-state index contributed by atoms with van der Waals surface area (Å²) in [6, 6.07) is 9.11. The molecule has 1 aliphatic heterocycles. The lowest BCUT2D eigenvalue weighted by atomic mass is 9.90. The summed E-state index contributed by atoms with van der Waals surface area (Å²) in [5, 5.41) is 17.4. The number of carbonyl (C=O) groups excluding carboxylic acids is 1. The first kappa shape index (κ1) is 16.2. The van der Waals surface area contributed by atoms with Crippen LogP contribution < -0.4 is 0 Å². The molecule has 0 unspecified atom stereocenters. The van der Waals surface area contributed by atoms with Crippen molar-refractivity contribution in [3.8, 4) is 5.69 Å². The van der Waals surface area contributed by atoms with Crippen LogP contribution >= 0.6 is 0 Å². The molecule has 1 saturated heterocycles. The Kier molecular flexibility index (Phi) is 4.33. The third-order valence-corrected chi connectivity index (χ3v) is 4.66. The molecule has 1 fully saturated rings. The zero-order chi connectivity index (χ0) is 17.3. The number of hydrogen-bond acceptors (Lipinski definition) is 4. The van der Waals surface area contributed by atoms with E-state index in [0.717, 1.165) is 5.69 Å². The number of amides is 1. The number of aliphatic carboxylic acids is 1. The molecule has 2 atom stereocenters. The monoisotopic (exact) mass is 328 g/mol. The zero-order valence-corrected chi connectivity index (χ0v) is 13.7. The van der Waals surface area contributed by atoms with E-state index in [1.165, 1.54) is 0 Å². The number of piperidine rings is 1. The highest BCUT2D eigenvalue weighted by atomic mass is 16.4. The number of rotatable bonds is 3. The maximum absolute atomic E-state index is 12.9. The predicted octanol–water partition coefficient (Wildman–Crippen LogP) is 1.90. The fourth-order valence-corrected chi connectivity index (χ4v) is 3.24. The van der Waals surface area contributed by atoms with Crippen LogP contribution in [0, 0.1) is 12.8 Å². The lowest BCUT2D eigenvalue weighted by Gasteiger charge is -2.37. The van der Waals surface area contributed by atoms with Gasteiger partial charge in [-0.15, -0.1) is 5.10 Å². The van der Waals surface area contributed by atoms with Gasteiger partial charge in [0, 0.05) is 12.6 Å². The minimum absolute atomic E-state index is 0.256. The first-order valence-electron chi connectivity index (χ1n) is 8.02. The Balaban J connectivity index is 1.88. The van der Waals surface area contributed by atoms with Gasteiger partial charge in [0.25, 0.3) is 5.91 Å². The first-order valence-corrected chi connectivity index (χ1v) is 8.02. The van der Waals surface area contributed by atoms with Gasteiger partial charge in [-0.3, -0.25) is 9.59 Å². The van der Waals surface area contributed by atoms with Crippen molar-refractivity contribution < 1.29 is 14.7 Å². The van der Waals surface area contributed by atoms with Gasteiger partial charge in [0.05, 0.1) is 17.3 Å². The molecule has 1 aromatic heterocycles. The van der Waals surface area contributed by atoms with Crippen LogP contribution in [0.3, 0.4) is 0 Å². The minimum atomic E-state index is -0.857. The molecule has 1 aromatic carbocycles. The normalized spacial score (nSPS) is 20.8. The summed E-state index contributed by atoms with van der Waals surface area (Å²) in [6.07, 6.45) is 1.27. The van der Waals surface area contributed by atoms with Gasteiger partial charge in [-0.1, -0.05) is 23.4 Å². The molecule has 7 nitrogen and oxygen atoms in total. The summed E-state index contributed by atoms with van der Waals surface area (Å²) in [6.45, 7) is 4.12. The molecule has 1 amide bonds. The molecule has 0 bridgehead atoms. The minimum Gasteiger partial charge on any atom is -0.481 e. The van der Waals surface area contributed by atoms with Crippen molar-refractivity contribution in [1.82, 2.24) is 19.9 Å². The molecular formula is C17H20N4O3. The third kappa shape index (κ3) is 2.77. The molecule has 0 saturated carbocycles. The number of benzene rings is 1. The standard InChI is InChI=1S/C17H20N4O3/c1-11-14(17(23)24)9-6-10-20(11)16(22)15-12(2)21(19-18-15)13-7-4-3-5-8-13/h3-5,7-8,11,14H,6,9-10H2,1-2H3,(H,23,24)/t11-,14-/m1/s1. The fraction of sp³-hybridized carbons (Fsp3) is 0.412. The van der Waals surface area contributed by atoms with Crippen molar-refractivity contribution in [3.05, 3.63) is 41.7 Å². The quantitative estimate of drug-likeness (QED) is 0.929. The second-order valence-electron chi connectivity index (χ2n) is 6.10. The fourth-order valence-electron chi connectivity index (χ4n) is 3.24. The Labute approximate surface area is 139 Å². The lowest BCUT2D eigenvalue weighted by molar-refractivity contribution is -0.144. The molecular weight excluding hydrogens is 308 g/mol. The number of para-hydroxylation sites is 1. The van der Waals surface area contributed by atoms with E-state index in [4.69, 9.17) is 0 Å². The Morgan fingerprint density at radius 1 is 1.25 bits per heavy atom. The van der Waals surface area contributed by atoms with Crippen molar-refractivity contribution in [2.45, 2.75) is 32.7 Å². The summed E-state index contributed by atoms with van der Waals surface area (Å²) in [5.74, 6) is -1.65. The summed E-state index contributed by atoms with van der Waals surface area (Å²) in [5.41, 5.74) is 1.75. The number of hydrogen-bond donors (Lipinski definition) is 1. The van der Waals surface area contributed by atoms with Crippen molar-refractivity contribution in [1.29, 1.82) is 0 Å². The summed E-state index contributed by atoms with van der Waals surface area (Å²) in [7, 11) is 0. The molecule has 0 aliphatic carbocycles. The maximum Gasteiger partial charge on any atom is 0.308 e. The summed E-state index contributed by atoms with van der Waals surface area (Å²) < 4.78 is 1.62. The second kappa shape index (κ2) is 6.43. The van der Waals surface area contributed by atoms with Gasteiger partial charge in [-0.05, 0) is 38.8 Å². The van der Waals surface area contributed by atoms with Crippen LogP contribution in [0.1, 0.15) is 35.9 Å². The van der Waals surface area contributed by atoms with Crippen LogP contribution in [0.15, 0.2) is 30.3 Å². The third-order valence-electron chi connectivity index (χ3n) is 4.66. The Morgan fingerprint density at radius 3 is 2.62 bits per heavy atom. The lowest BCUT2D eigenvalue weighted by Crippen LogP contribution is -2.49. The van der Waals surface area contributed by atoms with E-state index in [0.29, 0.717) is 25.1 Å². The van der Waals surface area contributed by atoms with Gasteiger partial charge in [0.2, 0.25) is 0 Å². The Morgan fingerprint density at radius 2 is 1.96 bits per heavy atom. The molecule has 2 heterocycles. The molecule has 24 heavy (non-hydrogen) atoms. The van der Waals surface area contributed by atoms with Gasteiger partial charge in [0.15, 0.2) is 5.69 Å². The average molecular weight is 328 g/mol. The molecule has 126 valence electrons. The Hall–Kier alpha value is -2.70. The van der Waals surface area contributed by atoms with Gasteiger partial charge < -0.3 is 10.0 Å². The highest BCUT2D eigenvalue weighted by Crippen LogP contribution is 2.26. The largest absolute Gasteiger partial charge is 0.481 e. The van der Waals surface area contributed by atoms with Crippen molar-refractivity contribution in [2.24, 2.45) is 5.92 Å². The highest BCUT2D eigenvalue weighted by Gasteiger charge is 2.37. The number of likely N-dealkylation sites (tertiary alicyclic amines) is 1. The van der Waals surface area contributed by atoms with Crippen LogP contribution in [0.5, 0.6) is 0 Å². The molecule has 0 spiro atoms. The number of aromatic nitrogens is 3. The summed E-state index contributed by atoms with van der Waals surface area (Å²) >= 11 is 0. The first-order chi connectivity index (χ1) is 11.5. The molecule has 0 radical (unpaired) electrons. The molecule has 1 aliphatic rings. The number of carboxylic acids is 1. The van der Waals surface area contributed by atoms with Crippen LogP contribution in [0.4, 0.5) is 0 Å². The van der Waals surface area contributed by atoms with E-state index in [2.05, 4.69) is 10.3 Å². The predicted molar refractivity (Wildman–Crippen MR) is 87.0 cm³/mol. The van der Waals surface area contributed by atoms with E-state index < -0.39 is 11.9 Å². The zero-order valence-electron chi connectivity index (χ0n) is 13.7. The van der Waals surface area contributed by atoms with Gasteiger partial charge in [-0.25, -0.2) is 4.68 Å². The van der Waals surface area contributed by atoms with Gasteiger partial charge >= 0.3 is 5.97 Å². The summed E-state index contributed by atoms with van der Waals surface area (Å²) in [4.78, 5) is 25.8. The van der Waals surface area contributed by atoms with Crippen molar-refractivity contribution >= 4 is 11.9 Å². The molecule has 3 rings (SSSR count). The van der Waals surface area contributed by atoms with Crippen molar-refractivity contribution in [2.75, 3.05) is 6.54 Å². The van der Waals surface area contributed by atoms with Crippen LogP contribution in [-0.2, 0) is 4.79 Å². The SMILES string of the molecule is Cc1c(C(=O)N2CCC[C@@H](C(=O)O)[C@H]2C)nnn1-c1ccccc1. The topological polar surface area (TPSA) is 88.3 Å². The second-order valence-corrected chi connectivity index (χ2v) is 6.10. The maximum atomic E-state index is 12.9. The molecule has 2 aromatic rings. The number of carbonyl (C=O) groups is 2. The van der Waals surface area contributed by atoms with E-state index in [-0.39, 0.29) is 17.6 Å². The van der Waals surface area contributed by atoms with Gasteiger partial charge in [0.1, 0.15) is 0 Å². The smallest absolute Gasteiger partial charge is 0.308 e. The van der Waals surface area contributed by atoms with E-state index >= 15 is 0 Å². The van der Waals surface area contributed by atoms with Crippen LogP contribution in [0.2, 0.25) is 0 Å². The number of nitrogens with zero attached hydrogens (tertiary/aromatic N) is 4. The van der Waals surface area contributed by atoms with Crippen LogP contribution in [0.25, 0.3) is 5.69 Å². The molecule has 7 heteroatoms. The average Bonchev–Trinajstić information content (AvgIpc) is 2.96. The van der Waals surface area contributed by atoms with Gasteiger partial charge in [-0.2, -0.15) is 0 Å². The van der Waals surface area contributed by atoms with Crippen LogP contribution in [-0.4, -0.2) is 49.5 Å².